The smallest absolute Gasteiger partial charge is 0.240 e. The number of hydrogen-bond acceptors (Lipinski definition) is 3. The number of sulfonamides is 1. The molecule has 0 amide bonds. The van der Waals surface area contributed by atoms with Crippen molar-refractivity contribution in [3.8, 4) is 0 Å². The van der Waals surface area contributed by atoms with Crippen molar-refractivity contribution < 1.29 is 8.42 Å². The molecule has 1 rings (SSSR count). The molecule has 1 aromatic rings. The van der Waals surface area contributed by atoms with E-state index in [1.54, 1.807) is 18.2 Å². The van der Waals surface area contributed by atoms with Crippen molar-refractivity contribution in [1.82, 2.24) is 10.0 Å². The zero-order chi connectivity index (χ0) is 15.7. The lowest BCUT2D eigenvalue weighted by atomic mass is 10.1. The third kappa shape index (κ3) is 6.59. The van der Waals surface area contributed by atoms with Crippen LogP contribution >= 0.6 is 0 Å². The van der Waals surface area contributed by atoms with Gasteiger partial charge in [0, 0.05) is 12.6 Å². The average molecular weight is 312 g/mol. The van der Waals surface area contributed by atoms with Gasteiger partial charge in [-0.25, -0.2) is 13.1 Å². The normalized spacial score (nSPS) is 13.3. The van der Waals surface area contributed by atoms with E-state index < -0.39 is 10.0 Å². The van der Waals surface area contributed by atoms with Crippen LogP contribution in [0.25, 0.3) is 0 Å². The monoisotopic (exact) mass is 312 g/mol. The predicted molar refractivity (Wildman–Crippen MR) is 87.7 cm³/mol. The van der Waals surface area contributed by atoms with Crippen LogP contribution in [0.1, 0.15) is 52.0 Å². The highest BCUT2D eigenvalue weighted by molar-refractivity contribution is 7.89. The van der Waals surface area contributed by atoms with Crippen LogP contribution in [0.3, 0.4) is 0 Å². The standard InChI is InChI=1S/C16H28N2O2S/c1-4-6-7-9-14(3)18-21(19,20)16-11-8-10-15(12-16)13-17-5-2/h8,10-12,14,17-18H,4-7,9,13H2,1-3H3. The molecule has 0 saturated heterocycles. The molecular formula is C16H28N2O2S. The number of hydrogen-bond donors (Lipinski definition) is 2. The Morgan fingerprint density at radius 1 is 1.19 bits per heavy atom. The summed E-state index contributed by atoms with van der Waals surface area (Å²) in [6.45, 7) is 7.65. The molecule has 1 atom stereocenters. The summed E-state index contributed by atoms with van der Waals surface area (Å²) in [6.07, 6.45) is 4.22. The minimum Gasteiger partial charge on any atom is -0.313 e. The quantitative estimate of drug-likeness (QED) is 0.653. The fourth-order valence-corrected chi connectivity index (χ4v) is 3.53. The summed E-state index contributed by atoms with van der Waals surface area (Å²) in [6, 6.07) is 7.09. The molecule has 120 valence electrons. The summed E-state index contributed by atoms with van der Waals surface area (Å²) in [5.41, 5.74) is 0.985. The molecule has 0 spiro atoms. The molecule has 0 radical (unpaired) electrons. The van der Waals surface area contributed by atoms with Gasteiger partial charge in [0.2, 0.25) is 10.0 Å². The van der Waals surface area contributed by atoms with Crippen molar-refractivity contribution in [3.05, 3.63) is 29.8 Å². The molecule has 0 aromatic heterocycles. The van der Waals surface area contributed by atoms with Crippen LogP contribution in [0.2, 0.25) is 0 Å². The van der Waals surface area contributed by atoms with Gasteiger partial charge in [-0.05, 0) is 37.6 Å². The highest BCUT2D eigenvalue weighted by Gasteiger charge is 2.17. The van der Waals surface area contributed by atoms with Crippen molar-refractivity contribution >= 4 is 10.0 Å². The Morgan fingerprint density at radius 2 is 1.95 bits per heavy atom. The first-order valence-corrected chi connectivity index (χ1v) is 9.30. The fourth-order valence-electron chi connectivity index (χ4n) is 2.18. The summed E-state index contributed by atoms with van der Waals surface area (Å²) in [4.78, 5) is 0.347. The maximum Gasteiger partial charge on any atom is 0.240 e. The van der Waals surface area contributed by atoms with Crippen LogP contribution in [-0.2, 0) is 16.6 Å². The van der Waals surface area contributed by atoms with E-state index in [4.69, 9.17) is 0 Å². The van der Waals surface area contributed by atoms with E-state index in [-0.39, 0.29) is 6.04 Å². The molecule has 0 saturated carbocycles. The van der Waals surface area contributed by atoms with Crippen LogP contribution in [0.4, 0.5) is 0 Å². The second-order valence-corrected chi connectivity index (χ2v) is 7.16. The first-order chi connectivity index (χ1) is 9.99. The zero-order valence-corrected chi connectivity index (χ0v) is 14.2. The van der Waals surface area contributed by atoms with Gasteiger partial charge in [0.05, 0.1) is 4.90 Å². The fraction of sp³-hybridized carbons (Fsp3) is 0.625. The molecule has 0 bridgehead atoms. The highest BCUT2D eigenvalue weighted by atomic mass is 32.2. The molecular weight excluding hydrogens is 284 g/mol. The highest BCUT2D eigenvalue weighted by Crippen LogP contribution is 2.13. The molecule has 0 heterocycles. The molecule has 0 aliphatic carbocycles. The Bertz CT molecular complexity index is 515. The average Bonchev–Trinajstić information content (AvgIpc) is 2.45. The van der Waals surface area contributed by atoms with Crippen molar-refractivity contribution in [3.63, 3.8) is 0 Å². The van der Waals surface area contributed by atoms with Gasteiger partial charge in [-0.2, -0.15) is 0 Å². The second-order valence-electron chi connectivity index (χ2n) is 5.45. The Kier molecular flexibility index (Phi) is 7.93. The Labute approximate surface area is 129 Å². The molecule has 1 aromatic carbocycles. The number of nitrogens with one attached hydrogen (secondary N) is 2. The zero-order valence-electron chi connectivity index (χ0n) is 13.4. The Hall–Kier alpha value is -0.910. The molecule has 0 fully saturated rings. The first kappa shape index (κ1) is 18.1. The van der Waals surface area contributed by atoms with E-state index in [0.29, 0.717) is 11.4 Å². The van der Waals surface area contributed by atoms with Gasteiger partial charge in [0.1, 0.15) is 0 Å². The van der Waals surface area contributed by atoms with Crippen molar-refractivity contribution in [2.75, 3.05) is 6.54 Å². The number of unbranched alkanes of at least 4 members (excludes halogenated alkanes) is 2. The van der Waals surface area contributed by atoms with Gasteiger partial charge in [-0.15, -0.1) is 0 Å². The van der Waals surface area contributed by atoms with Crippen LogP contribution in [-0.4, -0.2) is 21.0 Å². The number of rotatable bonds is 10. The molecule has 5 heteroatoms. The lowest BCUT2D eigenvalue weighted by Crippen LogP contribution is -2.32. The van der Waals surface area contributed by atoms with E-state index in [9.17, 15) is 8.42 Å². The predicted octanol–water partition coefficient (Wildman–Crippen LogP) is 3.04. The van der Waals surface area contributed by atoms with E-state index in [2.05, 4.69) is 17.0 Å². The van der Waals surface area contributed by atoms with Crippen molar-refractivity contribution in [2.24, 2.45) is 0 Å². The number of benzene rings is 1. The van der Waals surface area contributed by atoms with Crippen LogP contribution in [0, 0.1) is 0 Å². The minimum absolute atomic E-state index is 0.0287. The lowest BCUT2D eigenvalue weighted by Gasteiger charge is -2.14. The first-order valence-electron chi connectivity index (χ1n) is 7.81. The summed E-state index contributed by atoms with van der Waals surface area (Å²) >= 11 is 0. The maximum atomic E-state index is 12.4. The van der Waals surface area contributed by atoms with Gasteiger partial charge in [-0.1, -0.05) is 45.2 Å². The largest absolute Gasteiger partial charge is 0.313 e. The molecule has 2 N–H and O–H groups in total. The molecule has 0 aliphatic rings. The van der Waals surface area contributed by atoms with E-state index in [1.807, 2.05) is 19.9 Å². The Morgan fingerprint density at radius 3 is 2.62 bits per heavy atom. The summed E-state index contributed by atoms with van der Waals surface area (Å²) in [5.74, 6) is 0. The van der Waals surface area contributed by atoms with E-state index in [1.165, 1.54) is 0 Å². The van der Waals surface area contributed by atoms with Crippen LogP contribution in [0.15, 0.2) is 29.2 Å². The van der Waals surface area contributed by atoms with E-state index >= 15 is 0 Å². The maximum absolute atomic E-state index is 12.4. The summed E-state index contributed by atoms with van der Waals surface area (Å²) in [7, 11) is -3.42. The Balaban J connectivity index is 2.68. The molecule has 21 heavy (non-hydrogen) atoms. The van der Waals surface area contributed by atoms with Crippen LogP contribution in [0.5, 0.6) is 0 Å². The molecule has 4 nitrogen and oxygen atoms in total. The van der Waals surface area contributed by atoms with Crippen LogP contribution < -0.4 is 10.0 Å². The van der Waals surface area contributed by atoms with E-state index in [0.717, 1.165) is 37.8 Å². The molecule has 1 unspecified atom stereocenters. The van der Waals surface area contributed by atoms with Gasteiger partial charge in [-0.3, -0.25) is 0 Å². The third-order valence-electron chi connectivity index (χ3n) is 3.38. The van der Waals surface area contributed by atoms with Crippen molar-refractivity contribution in [1.29, 1.82) is 0 Å². The summed E-state index contributed by atoms with van der Waals surface area (Å²) < 4.78 is 27.5. The van der Waals surface area contributed by atoms with Gasteiger partial charge >= 0.3 is 0 Å². The minimum atomic E-state index is -3.42. The second kappa shape index (κ2) is 9.18. The SMILES string of the molecule is CCCCCC(C)NS(=O)(=O)c1cccc(CNCC)c1. The van der Waals surface area contributed by atoms with Gasteiger partial charge < -0.3 is 5.32 Å². The van der Waals surface area contributed by atoms with Crippen molar-refractivity contribution in [2.45, 2.75) is 63.9 Å². The molecule has 0 aliphatic heterocycles. The summed E-state index contributed by atoms with van der Waals surface area (Å²) in [5, 5.41) is 3.20. The van der Waals surface area contributed by atoms with Gasteiger partial charge in [0.15, 0.2) is 0 Å². The van der Waals surface area contributed by atoms with Gasteiger partial charge in [0.25, 0.3) is 0 Å². The lowest BCUT2D eigenvalue weighted by molar-refractivity contribution is 0.527. The third-order valence-corrected chi connectivity index (χ3v) is 4.97. The topological polar surface area (TPSA) is 58.2 Å².